The second-order valence-electron chi connectivity index (χ2n) is 2.92. The van der Waals surface area contributed by atoms with Crippen molar-refractivity contribution in [2.45, 2.75) is 4.90 Å². The normalized spacial score (nSPS) is 16.4. The van der Waals surface area contributed by atoms with Crippen molar-refractivity contribution >= 4 is 27.1 Å². The SMILES string of the molecule is O=C(Cl)c1cc(F)cc(S(F)(F)(F)(F)F)c1. The summed E-state index contributed by atoms with van der Waals surface area (Å²) < 4.78 is 73.9. The topological polar surface area (TPSA) is 17.1 Å². The molecule has 0 saturated heterocycles. The van der Waals surface area contributed by atoms with Gasteiger partial charge in [-0.05, 0) is 29.8 Å². The average Bonchev–Trinajstić information content (AvgIpc) is 1.98. The van der Waals surface area contributed by atoms with E-state index in [0.29, 0.717) is 6.07 Å². The van der Waals surface area contributed by atoms with Gasteiger partial charge in [0.2, 0.25) is 0 Å². The van der Waals surface area contributed by atoms with Crippen molar-refractivity contribution in [1.29, 1.82) is 0 Å². The van der Waals surface area contributed by atoms with Gasteiger partial charge in [0.05, 0.1) is 0 Å². The van der Waals surface area contributed by atoms with E-state index in [1.165, 1.54) is 0 Å². The van der Waals surface area contributed by atoms with Crippen molar-refractivity contribution < 1.29 is 28.6 Å². The summed E-state index contributed by atoms with van der Waals surface area (Å²) in [6.07, 6.45) is 0. The van der Waals surface area contributed by atoms with E-state index in [9.17, 15) is 28.6 Å². The fraction of sp³-hybridized carbons (Fsp3) is 0. The minimum Gasteiger partial charge on any atom is -0.276 e. The summed E-state index contributed by atoms with van der Waals surface area (Å²) in [5.41, 5.74) is -0.982. The van der Waals surface area contributed by atoms with Crippen molar-refractivity contribution in [3.63, 3.8) is 0 Å². The molecule has 0 bridgehead atoms. The van der Waals surface area contributed by atoms with Crippen LogP contribution in [0.25, 0.3) is 0 Å². The van der Waals surface area contributed by atoms with Crippen molar-refractivity contribution in [2.24, 2.45) is 0 Å². The van der Waals surface area contributed by atoms with Crippen molar-refractivity contribution in [3.8, 4) is 0 Å². The molecule has 1 nitrogen and oxygen atoms in total. The van der Waals surface area contributed by atoms with E-state index in [2.05, 4.69) is 0 Å². The minimum absolute atomic E-state index is 0.181. The molecule has 1 aromatic carbocycles. The largest absolute Gasteiger partial charge is 0.310 e. The molecule has 0 fully saturated rings. The van der Waals surface area contributed by atoms with Gasteiger partial charge in [0.15, 0.2) is 0 Å². The Kier molecular flexibility index (Phi) is 2.36. The summed E-state index contributed by atoms with van der Waals surface area (Å²) in [7, 11) is -10.00. The summed E-state index contributed by atoms with van der Waals surface area (Å²) in [4.78, 5) is 8.00. The molecule has 0 aliphatic rings. The third-order valence-corrected chi connectivity index (χ3v) is 2.89. The lowest BCUT2D eigenvalue weighted by Crippen LogP contribution is -2.08. The Morgan fingerprint density at radius 3 is 1.94 bits per heavy atom. The molecule has 1 aromatic rings. The summed E-state index contributed by atoms with van der Waals surface area (Å²) in [5, 5.41) is -1.46. The number of hydrogen-bond acceptors (Lipinski definition) is 1. The molecule has 0 amide bonds. The van der Waals surface area contributed by atoms with E-state index in [0.717, 1.165) is 0 Å². The van der Waals surface area contributed by atoms with E-state index in [-0.39, 0.29) is 12.1 Å². The van der Waals surface area contributed by atoms with Gasteiger partial charge in [-0.15, -0.1) is 0 Å². The van der Waals surface area contributed by atoms with E-state index < -0.39 is 31.7 Å². The molecular weight excluding hydrogens is 282 g/mol. The summed E-state index contributed by atoms with van der Waals surface area (Å²) >= 11 is 4.78. The van der Waals surface area contributed by atoms with Crippen LogP contribution in [0.1, 0.15) is 10.4 Å². The molecule has 0 heterocycles. The Morgan fingerprint density at radius 1 is 1.06 bits per heavy atom. The first-order valence-corrected chi connectivity index (χ1v) is 5.87. The minimum atomic E-state index is -10.00. The molecule has 92 valence electrons. The lowest BCUT2D eigenvalue weighted by molar-refractivity contribution is 0.108. The van der Waals surface area contributed by atoms with E-state index in [4.69, 9.17) is 11.6 Å². The fourth-order valence-corrected chi connectivity index (χ4v) is 1.69. The van der Waals surface area contributed by atoms with Crippen LogP contribution in [-0.4, -0.2) is 5.24 Å². The van der Waals surface area contributed by atoms with E-state index in [1.54, 1.807) is 0 Å². The highest BCUT2D eigenvalue weighted by atomic mass is 35.5. The zero-order chi connectivity index (χ0) is 12.8. The molecule has 0 unspecified atom stereocenters. The molecule has 0 N–H and O–H groups in total. The Bertz CT molecular complexity index is 467. The molecule has 0 saturated carbocycles. The first-order chi connectivity index (χ1) is 6.79. The quantitative estimate of drug-likeness (QED) is 0.560. The molecule has 0 aromatic heterocycles. The maximum absolute atomic E-state index is 12.6. The van der Waals surface area contributed by atoms with Gasteiger partial charge in [0, 0.05) is 5.56 Å². The third-order valence-electron chi connectivity index (χ3n) is 1.54. The molecule has 0 spiro atoms. The van der Waals surface area contributed by atoms with Crippen LogP contribution < -0.4 is 0 Å². The van der Waals surface area contributed by atoms with Gasteiger partial charge in [-0.2, -0.15) is 0 Å². The Labute approximate surface area is 90.7 Å². The molecule has 16 heavy (non-hydrogen) atoms. The molecule has 0 radical (unpaired) electrons. The van der Waals surface area contributed by atoms with Crippen LogP contribution in [0.5, 0.6) is 0 Å². The first kappa shape index (κ1) is 13.2. The van der Waals surface area contributed by atoms with Crippen molar-refractivity contribution in [1.82, 2.24) is 0 Å². The predicted octanol–water partition coefficient (Wildman–Crippen LogP) is 4.86. The highest BCUT2D eigenvalue weighted by Crippen LogP contribution is 3.02. The second-order valence-corrected chi connectivity index (χ2v) is 5.67. The van der Waals surface area contributed by atoms with Crippen molar-refractivity contribution in [3.05, 3.63) is 29.6 Å². The number of carbonyl (C=O) groups excluding carboxylic acids is 1. The predicted molar refractivity (Wildman–Crippen MR) is 48.0 cm³/mol. The Balaban J connectivity index is 3.56. The van der Waals surface area contributed by atoms with Crippen LogP contribution in [0.3, 0.4) is 0 Å². The van der Waals surface area contributed by atoms with Gasteiger partial charge in [-0.1, -0.05) is 19.4 Å². The molecule has 0 aliphatic carbocycles. The van der Waals surface area contributed by atoms with Crippen molar-refractivity contribution in [2.75, 3.05) is 0 Å². The third kappa shape index (κ3) is 3.05. The number of carbonyl (C=O) groups is 1. The van der Waals surface area contributed by atoms with Gasteiger partial charge in [0.25, 0.3) is 5.24 Å². The number of hydrogen-bond donors (Lipinski definition) is 0. The Hall–Kier alpha value is -0.890. The monoisotopic (exact) mass is 284 g/mol. The second kappa shape index (κ2) is 2.86. The van der Waals surface area contributed by atoms with Crippen LogP contribution in [0.2, 0.25) is 0 Å². The fourth-order valence-electron chi connectivity index (χ4n) is 0.899. The maximum atomic E-state index is 12.6. The molecular formula is C7H3ClF6OS. The Morgan fingerprint density at radius 2 is 1.56 bits per heavy atom. The number of benzene rings is 1. The lowest BCUT2D eigenvalue weighted by Gasteiger charge is -2.40. The average molecular weight is 285 g/mol. The smallest absolute Gasteiger partial charge is 0.276 e. The zero-order valence-corrected chi connectivity index (χ0v) is 8.77. The van der Waals surface area contributed by atoms with Crippen LogP contribution in [0, 0.1) is 5.82 Å². The van der Waals surface area contributed by atoms with Gasteiger partial charge < -0.3 is 0 Å². The molecule has 1 rings (SSSR count). The van der Waals surface area contributed by atoms with Crippen LogP contribution in [0.4, 0.5) is 23.8 Å². The summed E-state index contributed by atoms with van der Waals surface area (Å²) in [6, 6.07) is -0.229. The van der Waals surface area contributed by atoms with Gasteiger partial charge in [-0.3, -0.25) is 4.79 Å². The standard InChI is InChI=1S/C7H3ClF6OS/c8-7(15)4-1-5(9)3-6(2-4)16(10,11,12,13)14/h1-3H. The van der Waals surface area contributed by atoms with E-state index in [1.807, 2.05) is 0 Å². The maximum Gasteiger partial charge on any atom is 0.310 e. The molecule has 9 heteroatoms. The highest BCUT2D eigenvalue weighted by molar-refractivity contribution is 8.45. The van der Waals surface area contributed by atoms with Gasteiger partial charge >= 0.3 is 10.2 Å². The van der Waals surface area contributed by atoms with Gasteiger partial charge in [-0.25, -0.2) is 4.39 Å². The molecule has 0 atom stereocenters. The lowest BCUT2D eigenvalue weighted by atomic mass is 10.2. The number of halogens is 7. The first-order valence-electron chi connectivity index (χ1n) is 3.54. The highest BCUT2D eigenvalue weighted by Gasteiger charge is 2.65. The van der Waals surface area contributed by atoms with E-state index >= 15 is 0 Å². The van der Waals surface area contributed by atoms with Crippen LogP contribution >= 0.6 is 21.8 Å². The van der Waals surface area contributed by atoms with Crippen LogP contribution in [-0.2, 0) is 0 Å². The summed E-state index contributed by atoms with van der Waals surface area (Å²) in [6.45, 7) is 0. The number of rotatable bonds is 2. The summed E-state index contributed by atoms with van der Waals surface area (Å²) in [5.74, 6) is -1.62. The van der Waals surface area contributed by atoms with Gasteiger partial charge in [0.1, 0.15) is 10.7 Å². The van der Waals surface area contributed by atoms with Crippen LogP contribution in [0.15, 0.2) is 23.1 Å². The zero-order valence-electron chi connectivity index (χ0n) is 7.19. The molecule has 0 aliphatic heterocycles.